The number of likely N-dealkylation sites (tertiary alicyclic amines) is 1. The Labute approximate surface area is 180 Å². The minimum Gasteiger partial charge on any atom is -0.369 e. The summed E-state index contributed by atoms with van der Waals surface area (Å²) in [6.07, 6.45) is 1.33. The van der Waals surface area contributed by atoms with Crippen molar-refractivity contribution < 1.29 is 9.59 Å². The van der Waals surface area contributed by atoms with Crippen LogP contribution in [0.2, 0.25) is 0 Å². The fraction of sp³-hybridized carbons (Fsp3) is 0.182. The third-order valence-corrected chi connectivity index (χ3v) is 4.86. The van der Waals surface area contributed by atoms with E-state index in [0.717, 1.165) is 5.56 Å². The van der Waals surface area contributed by atoms with Gasteiger partial charge in [-0.3, -0.25) is 9.59 Å². The molecule has 0 bridgehead atoms. The second-order valence-corrected chi connectivity index (χ2v) is 6.98. The van der Waals surface area contributed by atoms with Crippen LogP contribution in [-0.2, 0) is 4.79 Å². The topological polar surface area (TPSA) is 138 Å². The molecule has 2 aromatic carbocycles. The molecule has 160 valence electrons. The maximum atomic E-state index is 11.6. The average Bonchev–Trinajstić information content (AvgIpc) is 2.73. The van der Waals surface area contributed by atoms with Crippen molar-refractivity contribution in [3.63, 3.8) is 0 Å². The van der Waals surface area contributed by atoms with Gasteiger partial charge in [-0.05, 0) is 48.0 Å². The van der Waals surface area contributed by atoms with E-state index in [9.17, 15) is 9.59 Å². The first-order chi connectivity index (χ1) is 14.9. The molecule has 0 aromatic heterocycles. The smallest absolute Gasteiger partial charge is 0.251 e. The van der Waals surface area contributed by atoms with Gasteiger partial charge in [-0.25, -0.2) is 4.99 Å². The lowest BCUT2D eigenvalue weighted by molar-refractivity contribution is -0.130. The van der Waals surface area contributed by atoms with Crippen molar-refractivity contribution in [2.24, 2.45) is 21.5 Å². The van der Waals surface area contributed by atoms with Gasteiger partial charge >= 0.3 is 0 Å². The van der Waals surface area contributed by atoms with Crippen molar-refractivity contribution in [2.75, 3.05) is 25.5 Å². The van der Waals surface area contributed by atoms with Crippen LogP contribution in [-0.4, -0.2) is 48.8 Å². The summed E-state index contributed by atoms with van der Waals surface area (Å²) in [5, 5.41) is 5.45. The van der Waals surface area contributed by atoms with Gasteiger partial charge in [0, 0.05) is 37.3 Å². The van der Waals surface area contributed by atoms with E-state index in [2.05, 4.69) is 27.2 Å². The summed E-state index contributed by atoms with van der Waals surface area (Å²) >= 11 is 0. The van der Waals surface area contributed by atoms with Crippen molar-refractivity contribution in [1.82, 2.24) is 10.2 Å². The van der Waals surface area contributed by atoms with Crippen LogP contribution in [0.3, 0.4) is 0 Å². The van der Waals surface area contributed by atoms with E-state index in [-0.39, 0.29) is 23.7 Å². The number of amides is 2. The standard InChI is InChI=1S/C22H25N7O2/c1-3-19(30)29-12-16(13-29)14-4-8-17(9-5-14)26-21(23)28-22(24)27-18-10-6-15(7-11-18)20(31)25-2/h3-11,16H,1,12-13H2,2H3,(H,25,31)(H5,23,24,26,27,28). The van der Waals surface area contributed by atoms with Gasteiger partial charge in [-0.1, -0.05) is 18.7 Å². The monoisotopic (exact) mass is 419 g/mol. The van der Waals surface area contributed by atoms with Crippen LogP contribution in [0.5, 0.6) is 0 Å². The van der Waals surface area contributed by atoms with Gasteiger partial charge in [0.2, 0.25) is 17.8 Å². The number of guanidine groups is 2. The van der Waals surface area contributed by atoms with Gasteiger partial charge in [-0.15, -0.1) is 0 Å². The van der Waals surface area contributed by atoms with Crippen LogP contribution in [0.15, 0.2) is 71.2 Å². The highest BCUT2D eigenvalue weighted by molar-refractivity contribution is 6.01. The second-order valence-electron chi connectivity index (χ2n) is 6.98. The third kappa shape index (κ3) is 5.47. The molecule has 9 heteroatoms. The van der Waals surface area contributed by atoms with E-state index in [1.165, 1.54) is 6.08 Å². The number of nitrogens with two attached hydrogens (primary N) is 2. The van der Waals surface area contributed by atoms with Crippen molar-refractivity contribution >= 4 is 35.1 Å². The van der Waals surface area contributed by atoms with Crippen LogP contribution in [0.1, 0.15) is 21.8 Å². The predicted molar refractivity (Wildman–Crippen MR) is 122 cm³/mol. The Balaban J connectivity index is 1.58. The number of hydrogen-bond acceptors (Lipinski definition) is 3. The number of anilines is 1. The van der Waals surface area contributed by atoms with Crippen LogP contribution >= 0.6 is 0 Å². The lowest BCUT2D eigenvalue weighted by Gasteiger charge is -2.39. The van der Waals surface area contributed by atoms with Crippen molar-refractivity contribution in [3.8, 4) is 0 Å². The Morgan fingerprint density at radius 3 is 2.32 bits per heavy atom. The molecule has 9 nitrogen and oxygen atoms in total. The van der Waals surface area contributed by atoms with Crippen LogP contribution in [0, 0.1) is 0 Å². The summed E-state index contributed by atoms with van der Waals surface area (Å²) in [5.74, 6) is 0.178. The lowest BCUT2D eigenvalue weighted by Crippen LogP contribution is -2.47. The molecule has 1 fully saturated rings. The molecule has 1 saturated heterocycles. The molecule has 6 N–H and O–H groups in total. The SMILES string of the molecule is C=CC(=O)N1CC(c2ccc(N=C(N)/N=C(\N)Nc3ccc(C(=O)NC)cc3)cc2)C1. The van der Waals surface area contributed by atoms with Gasteiger partial charge in [0.15, 0.2) is 0 Å². The molecule has 1 aliphatic heterocycles. The highest BCUT2D eigenvalue weighted by atomic mass is 16.2. The Morgan fingerprint density at radius 2 is 1.74 bits per heavy atom. The number of carbonyl (C=O) groups is 2. The third-order valence-electron chi connectivity index (χ3n) is 4.86. The first-order valence-electron chi connectivity index (χ1n) is 9.68. The van der Waals surface area contributed by atoms with Crippen molar-refractivity contribution in [3.05, 3.63) is 72.3 Å². The normalized spacial score (nSPS) is 14.5. The predicted octanol–water partition coefficient (Wildman–Crippen LogP) is 1.53. The van der Waals surface area contributed by atoms with E-state index in [1.54, 1.807) is 36.2 Å². The summed E-state index contributed by atoms with van der Waals surface area (Å²) in [5.41, 5.74) is 14.7. The molecule has 1 aliphatic rings. The van der Waals surface area contributed by atoms with Crippen molar-refractivity contribution in [1.29, 1.82) is 0 Å². The van der Waals surface area contributed by atoms with Crippen LogP contribution in [0.25, 0.3) is 0 Å². The molecule has 0 saturated carbocycles. The summed E-state index contributed by atoms with van der Waals surface area (Å²) in [4.78, 5) is 33.1. The van der Waals surface area contributed by atoms with E-state index in [0.29, 0.717) is 35.9 Å². The highest BCUT2D eigenvalue weighted by Gasteiger charge is 2.30. The Hall–Kier alpha value is -4.14. The fourth-order valence-corrected chi connectivity index (χ4v) is 3.13. The zero-order valence-corrected chi connectivity index (χ0v) is 17.2. The number of nitrogens with zero attached hydrogens (tertiary/aromatic N) is 3. The first kappa shape index (κ1) is 21.6. The molecular weight excluding hydrogens is 394 g/mol. The Morgan fingerprint density at radius 1 is 1.10 bits per heavy atom. The van der Waals surface area contributed by atoms with E-state index >= 15 is 0 Å². The summed E-state index contributed by atoms with van der Waals surface area (Å²) in [7, 11) is 1.57. The van der Waals surface area contributed by atoms with Crippen LogP contribution in [0.4, 0.5) is 11.4 Å². The number of nitrogens with one attached hydrogen (secondary N) is 2. The van der Waals surface area contributed by atoms with E-state index in [1.807, 2.05) is 24.3 Å². The number of rotatable bonds is 5. The minimum atomic E-state index is -0.171. The number of hydrogen-bond donors (Lipinski definition) is 4. The zero-order valence-electron chi connectivity index (χ0n) is 17.2. The maximum Gasteiger partial charge on any atom is 0.251 e. The molecule has 2 aromatic rings. The van der Waals surface area contributed by atoms with Crippen molar-refractivity contribution in [2.45, 2.75) is 5.92 Å². The van der Waals surface area contributed by atoms with E-state index < -0.39 is 0 Å². The largest absolute Gasteiger partial charge is 0.369 e. The zero-order chi connectivity index (χ0) is 22.4. The van der Waals surface area contributed by atoms with Crippen LogP contribution < -0.4 is 22.1 Å². The first-order valence-corrected chi connectivity index (χ1v) is 9.68. The van der Waals surface area contributed by atoms with Gasteiger partial charge in [0.05, 0.1) is 5.69 Å². The molecule has 0 aliphatic carbocycles. The molecule has 0 atom stereocenters. The molecular formula is C22H25N7O2. The Kier molecular flexibility index (Phi) is 6.66. The molecule has 1 heterocycles. The number of carbonyl (C=O) groups excluding carboxylic acids is 2. The van der Waals surface area contributed by atoms with E-state index in [4.69, 9.17) is 11.5 Å². The lowest BCUT2D eigenvalue weighted by atomic mass is 9.91. The van der Waals surface area contributed by atoms with Gasteiger partial charge in [0.25, 0.3) is 5.91 Å². The molecule has 3 rings (SSSR count). The highest BCUT2D eigenvalue weighted by Crippen LogP contribution is 2.28. The second kappa shape index (κ2) is 9.57. The fourth-order valence-electron chi connectivity index (χ4n) is 3.13. The summed E-state index contributed by atoms with van der Waals surface area (Å²) in [6, 6.07) is 14.4. The maximum absolute atomic E-state index is 11.6. The summed E-state index contributed by atoms with van der Waals surface area (Å²) < 4.78 is 0. The van der Waals surface area contributed by atoms with Gasteiger partial charge < -0.3 is 27.0 Å². The quantitative estimate of drug-likeness (QED) is 0.331. The number of benzene rings is 2. The molecule has 0 radical (unpaired) electrons. The average molecular weight is 419 g/mol. The molecule has 2 amide bonds. The summed E-state index contributed by atoms with van der Waals surface area (Å²) in [6.45, 7) is 4.87. The minimum absolute atomic E-state index is 0.00568. The van der Waals surface area contributed by atoms with Gasteiger partial charge in [0.1, 0.15) is 0 Å². The molecule has 0 spiro atoms. The molecule has 31 heavy (non-hydrogen) atoms. The molecule has 0 unspecified atom stereocenters. The van der Waals surface area contributed by atoms with Gasteiger partial charge in [-0.2, -0.15) is 4.99 Å². The Bertz CT molecular complexity index is 1020. The number of aliphatic imine (C=N–C) groups is 2.